The number of rotatable bonds is 8. The van der Waals surface area contributed by atoms with Crippen LogP contribution in [0.1, 0.15) is 60.1 Å². The number of esters is 1. The van der Waals surface area contributed by atoms with Gasteiger partial charge in [-0.2, -0.15) is 0 Å². The fraction of sp³-hybridized carbons (Fsp3) is 0.600. The topological polar surface area (TPSA) is 81.4 Å². The van der Waals surface area contributed by atoms with E-state index >= 15 is 0 Å². The van der Waals surface area contributed by atoms with E-state index in [1.807, 2.05) is 13.8 Å². The summed E-state index contributed by atoms with van der Waals surface area (Å²) >= 11 is 1.24. The van der Waals surface area contributed by atoms with Crippen LogP contribution in [-0.4, -0.2) is 25.4 Å². The molecule has 6 heteroatoms. The average molecular weight is 312 g/mol. The van der Waals surface area contributed by atoms with Gasteiger partial charge in [-0.1, -0.05) is 33.6 Å². The van der Waals surface area contributed by atoms with Gasteiger partial charge in [-0.25, -0.2) is 4.79 Å². The zero-order valence-corrected chi connectivity index (χ0v) is 13.9. The van der Waals surface area contributed by atoms with E-state index in [4.69, 9.17) is 10.5 Å². The maximum atomic E-state index is 12.2. The third-order valence-electron chi connectivity index (χ3n) is 3.15. The molecule has 21 heavy (non-hydrogen) atoms. The fourth-order valence-electron chi connectivity index (χ4n) is 1.90. The lowest BCUT2D eigenvalue weighted by Crippen LogP contribution is -2.11. The fourth-order valence-corrected chi connectivity index (χ4v) is 3.12. The zero-order valence-electron chi connectivity index (χ0n) is 13.1. The van der Waals surface area contributed by atoms with Crippen molar-refractivity contribution in [1.82, 2.24) is 0 Å². The molecule has 5 nitrogen and oxygen atoms in total. The van der Waals surface area contributed by atoms with Crippen molar-refractivity contribution in [3.05, 3.63) is 10.4 Å². The van der Waals surface area contributed by atoms with Gasteiger partial charge in [0.2, 0.25) is 0 Å². The van der Waals surface area contributed by atoms with Crippen LogP contribution in [0.15, 0.2) is 0 Å². The Kier molecular flexibility index (Phi) is 6.68. The van der Waals surface area contributed by atoms with Gasteiger partial charge < -0.3 is 15.8 Å². The molecule has 1 aromatic rings. The molecule has 0 fully saturated rings. The van der Waals surface area contributed by atoms with Crippen molar-refractivity contribution in [1.29, 1.82) is 0 Å². The minimum absolute atomic E-state index is 0.0516. The number of Topliss-reactive ketones (excluding diaryl/α,β-unsaturated/α-hetero) is 1. The molecule has 0 atom stereocenters. The molecule has 1 rings (SSSR count). The molecule has 0 radical (unpaired) electrons. The summed E-state index contributed by atoms with van der Waals surface area (Å²) in [6, 6.07) is 0. The summed E-state index contributed by atoms with van der Waals surface area (Å²) in [5, 5.41) is 3.83. The van der Waals surface area contributed by atoms with E-state index in [9.17, 15) is 9.59 Å². The Morgan fingerprint density at radius 2 is 2.00 bits per heavy atom. The smallest absolute Gasteiger partial charge is 0.343 e. The van der Waals surface area contributed by atoms with Gasteiger partial charge >= 0.3 is 5.97 Å². The predicted octanol–water partition coefficient (Wildman–Crippen LogP) is 3.56. The van der Waals surface area contributed by atoms with Crippen molar-refractivity contribution < 1.29 is 14.3 Å². The first-order chi connectivity index (χ1) is 9.93. The highest BCUT2D eigenvalue weighted by Gasteiger charge is 2.26. The molecule has 0 unspecified atom stereocenters. The van der Waals surface area contributed by atoms with Crippen LogP contribution in [0.3, 0.4) is 0 Å². The number of ketones is 1. The van der Waals surface area contributed by atoms with Crippen LogP contribution in [0, 0.1) is 5.92 Å². The number of carbonyl (C=O) groups is 2. The molecule has 1 heterocycles. The molecule has 0 aliphatic carbocycles. The number of hydrogen-bond acceptors (Lipinski definition) is 6. The van der Waals surface area contributed by atoms with Crippen LogP contribution >= 0.6 is 11.3 Å². The first-order valence-electron chi connectivity index (χ1n) is 7.22. The van der Waals surface area contributed by atoms with Gasteiger partial charge in [-0.05, 0) is 6.42 Å². The minimum Gasteiger partial charge on any atom is -0.465 e. The van der Waals surface area contributed by atoms with Crippen molar-refractivity contribution in [2.75, 3.05) is 24.7 Å². The lowest BCUT2D eigenvalue weighted by atomic mass is 10.1. The van der Waals surface area contributed by atoms with E-state index in [0.29, 0.717) is 9.88 Å². The summed E-state index contributed by atoms with van der Waals surface area (Å²) in [5.74, 6) is -0.724. The summed E-state index contributed by atoms with van der Waals surface area (Å²) in [6.07, 6.45) is 3.23. The van der Waals surface area contributed by atoms with E-state index in [-0.39, 0.29) is 23.0 Å². The maximum absolute atomic E-state index is 12.2. The first-order valence-corrected chi connectivity index (χ1v) is 8.04. The van der Waals surface area contributed by atoms with Gasteiger partial charge in [-0.3, -0.25) is 4.79 Å². The third-order valence-corrected chi connectivity index (χ3v) is 4.33. The Morgan fingerprint density at radius 1 is 1.33 bits per heavy atom. The molecule has 118 valence electrons. The van der Waals surface area contributed by atoms with Crippen LogP contribution < -0.4 is 11.1 Å². The number of unbranched alkanes of at least 4 members (excludes halogenated alkanes) is 2. The largest absolute Gasteiger partial charge is 0.465 e. The monoisotopic (exact) mass is 312 g/mol. The second-order valence-electron chi connectivity index (χ2n) is 5.19. The molecular formula is C15H24N2O3S. The lowest BCUT2D eigenvalue weighted by molar-refractivity contribution is 0.0603. The second-order valence-corrected chi connectivity index (χ2v) is 6.21. The normalized spacial score (nSPS) is 10.7. The van der Waals surface area contributed by atoms with E-state index in [1.54, 1.807) is 0 Å². The first kappa shape index (κ1) is 17.5. The molecule has 0 aliphatic rings. The molecule has 0 spiro atoms. The number of thiophene rings is 1. The van der Waals surface area contributed by atoms with Crippen molar-refractivity contribution >= 4 is 33.8 Å². The Hall–Kier alpha value is -1.56. The Bertz CT molecular complexity index is 509. The lowest BCUT2D eigenvalue weighted by Gasteiger charge is -2.06. The molecular weight excluding hydrogens is 288 g/mol. The predicted molar refractivity (Wildman–Crippen MR) is 87.3 cm³/mol. The van der Waals surface area contributed by atoms with Crippen LogP contribution in [-0.2, 0) is 4.74 Å². The number of anilines is 2. The van der Waals surface area contributed by atoms with Crippen molar-refractivity contribution in [2.45, 2.75) is 40.0 Å². The highest BCUT2D eigenvalue weighted by atomic mass is 32.1. The standard InChI is InChI=1S/C15H24N2O3S/c1-5-6-7-8-17-14-10(15(19)20-4)11(16)13(21-14)12(18)9(2)3/h9,17H,5-8,16H2,1-4H3. The Balaban J connectivity index is 3.06. The van der Waals surface area contributed by atoms with E-state index in [1.165, 1.54) is 18.4 Å². The molecule has 0 saturated carbocycles. The van der Waals surface area contributed by atoms with Gasteiger partial charge in [0.1, 0.15) is 10.6 Å². The number of hydrogen-bond donors (Lipinski definition) is 2. The number of carbonyl (C=O) groups excluding carboxylic acids is 2. The molecule has 0 amide bonds. The van der Waals surface area contributed by atoms with Gasteiger partial charge in [0.25, 0.3) is 0 Å². The van der Waals surface area contributed by atoms with Crippen molar-refractivity contribution in [3.8, 4) is 0 Å². The summed E-state index contributed by atoms with van der Waals surface area (Å²) in [7, 11) is 1.31. The molecule has 1 aromatic heterocycles. The molecule has 0 saturated heterocycles. The van der Waals surface area contributed by atoms with Crippen molar-refractivity contribution in [3.63, 3.8) is 0 Å². The molecule has 0 aromatic carbocycles. The molecule has 3 N–H and O–H groups in total. The number of methoxy groups -OCH3 is 1. The maximum Gasteiger partial charge on any atom is 0.343 e. The molecule has 0 aliphatic heterocycles. The van der Waals surface area contributed by atoms with Gasteiger partial charge in [0.15, 0.2) is 5.78 Å². The zero-order chi connectivity index (χ0) is 16.0. The molecule has 0 bridgehead atoms. The van der Waals surface area contributed by atoms with E-state index in [0.717, 1.165) is 25.8 Å². The highest BCUT2D eigenvalue weighted by molar-refractivity contribution is 7.19. The van der Waals surface area contributed by atoms with E-state index in [2.05, 4.69) is 12.2 Å². The summed E-state index contributed by atoms with van der Waals surface area (Å²) in [5.41, 5.74) is 6.50. The number of nitrogens with two attached hydrogens (primary N) is 1. The van der Waals surface area contributed by atoms with Gasteiger partial charge in [0.05, 0.1) is 17.7 Å². The third kappa shape index (κ3) is 4.20. The van der Waals surface area contributed by atoms with E-state index < -0.39 is 5.97 Å². The minimum atomic E-state index is -0.510. The summed E-state index contributed by atoms with van der Waals surface area (Å²) < 4.78 is 4.78. The van der Waals surface area contributed by atoms with Crippen LogP contribution in [0.2, 0.25) is 0 Å². The number of nitrogen functional groups attached to an aromatic ring is 1. The summed E-state index contributed by atoms with van der Waals surface area (Å²) in [4.78, 5) is 24.5. The quantitative estimate of drug-likeness (QED) is 0.436. The van der Waals surface area contributed by atoms with Gasteiger partial charge in [0, 0.05) is 12.5 Å². The Labute approximate surface area is 129 Å². The van der Waals surface area contributed by atoms with Crippen LogP contribution in [0.5, 0.6) is 0 Å². The average Bonchev–Trinajstić information content (AvgIpc) is 2.78. The SMILES string of the molecule is CCCCCNc1sc(C(=O)C(C)C)c(N)c1C(=O)OC. The van der Waals surface area contributed by atoms with Crippen molar-refractivity contribution in [2.24, 2.45) is 5.92 Å². The van der Waals surface area contributed by atoms with Crippen LogP contribution in [0.25, 0.3) is 0 Å². The summed E-state index contributed by atoms with van der Waals surface area (Å²) in [6.45, 7) is 6.50. The van der Waals surface area contributed by atoms with Gasteiger partial charge in [-0.15, -0.1) is 11.3 Å². The van der Waals surface area contributed by atoms with Crippen LogP contribution in [0.4, 0.5) is 10.7 Å². The highest BCUT2D eigenvalue weighted by Crippen LogP contribution is 2.37. The number of nitrogens with one attached hydrogen (secondary N) is 1. The second kappa shape index (κ2) is 8.02. The number of ether oxygens (including phenoxy) is 1. The Morgan fingerprint density at radius 3 is 2.52 bits per heavy atom.